The Morgan fingerprint density at radius 2 is 2.05 bits per heavy atom. The molecule has 0 aliphatic carbocycles. The number of nitrogens with zero attached hydrogens (tertiary/aromatic N) is 1. The van der Waals surface area contributed by atoms with E-state index in [2.05, 4.69) is 5.32 Å². The van der Waals surface area contributed by atoms with E-state index in [0.29, 0.717) is 32.5 Å². The number of likely N-dealkylation sites (tertiary alicyclic amines) is 1. The summed E-state index contributed by atoms with van der Waals surface area (Å²) in [4.78, 5) is 35.7. The van der Waals surface area contributed by atoms with E-state index in [1.165, 1.54) is 0 Å². The number of carboxylic acids is 1. The van der Waals surface area contributed by atoms with Crippen LogP contribution in [0, 0.1) is 0 Å². The number of nitrogens with one attached hydrogen (secondary N) is 1. The van der Waals surface area contributed by atoms with Crippen molar-refractivity contribution in [3.05, 3.63) is 0 Å². The summed E-state index contributed by atoms with van der Waals surface area (Å²) in [5, 5.41) is 11.5. The van der Waals surface area contributed by atoms with Gasteiger partial charge in [0.05, 0.1) is 6.10 Å². The van der Waals surface area contributed by atoms with Crippen LogP contribution in [-0.4, -0.2) is 59.6 Å². The van der Waals surface area contributed by atoms with E-state index in [1.54, 1.807) is 0 Å². The zero-order chi connectivity index (χ0) is 13.8. The summed E-state index contributed by atoms with van der Waals surface area (Å²) in [6.45, 7) is 1.31. The van der Waals surface area contributed by atoms with Gasteiger partial charge in [-0.05, 0) is 25.7 Å². The van der Waals surface area contributed by atoms with Crippen LogP contribution in [0.4, 0.5) is 0 Å². The Morgan fingerprint density at radius 1 is 1.26 bits per heavy atom. The van der Waals surface area contributed by atoms with E-state index in [4.69, 9.17) is 9.84 Å². The van der Waals surface area contributed by atoms with Gasteiger partial charge in [0, 0.05) is 19.7 Å². The maximum atomic E-state index is 11.9. The fourth-order valence-corrected chi connectivity index (χ4v) is 2.48. The van der Waals surface area contributed by atoms with Crippen LogP contribution in [0.15, 0.2) is 0 Å². The molecule has 19 heavy (non-hydrogen) atoms. The summed E-state index contributed by atoms with van der Waals surface area (Å²) in [6, 6.07) is -0.874. The van der Waals surface area contributed by atoms with Gasteiger partial charge < -0.3 is 20.1 Å². The molecule has 0 spiro atoms. The summed E-state index contributed by atoms with van der Waals surface area (Å²) in [5.74, 6) is -2.57. The van der Waals surface area contributed by atoms with Gasteiger partial charge in [0.2, 0.25) is 0 Å². The zero-order valence-electron chi connectivity index (χ0n) is 10.6. The van der Waals surface area contributed by atoms with Crippen molar-refractivity contribution >= 4 is 17.8 Å². The Morgan fingerprint density at radius 3 is 2.68 bits per heavy atom. The lowest BCUT2D eigenvalue weighted by Gasteiger charge is -2.21. The Hall–Kier alpha value is -1.63. The predicted octanol–water partition coefficient (Wildman–Crippen LogP) is -0.643. The lowest BCUT2D eigenvalue weighted by atomic mass is 10.2. The second-order valence-electron chi connectivity index (χ2n) is 4.84. The van der Waals surface area contributed by atoms with E-state index in [-0.39, 0.29) is 6.10 Å². The van der Waals surface area contributed by atoms with Crippen LogP contribution >= 0.6 is 0 Å². The minimum atomic E-state index is -1.06. The number of rotatable bonds is 3. The van der Waals surface area contributed by atoms with Crippen LogP contribution in [-0.2, 0) is 19.1 Å². The quantitative estimate of drug-likeness (QED) is 0.665. The van der Waals surface area contributed by atoms with Crippen molar-refractivity contribution in [1.82, 2.24) is 10.2 Å². The molecule has 2 saturated heterocycles. The highest BCUT2D eigenvalue weighted by molar-refractivity contribution is 6.35. The zero-order valence-corrected chi connectivity index (χ0v) is 10.6. The van der Waals surface area contributed by atoms with Crippen LogP contribution < -0.4 is 5.32 Å². The van der Waals surface area contributed by atoms with Gasteiger partial charge in [-0.1, -0.05) is 0 Å². The molecule has 2 aliphatic heterocycles. The average molecular weight is 270 g/mol. The van der Waals surface area contributed by atoms with Crippen molar-refractivity contribution in [2.45, 2.75) is 37.8 Å². The monoisotopic (exact) mass is 270 g/mol. The highest BCUT2D eigenvalue weighted by atomic mass is 16.5. The van der Waals surface area contributed by atoms with Gasteiger partial charge in [0.15, 0.2) is 0 Å². The molecule has 2 heterocycles. The molecule has 0 aromatic heterocycles. The standard InChI is InChI=1S/C12H18N2O5/c15-10(13-7-8-3-2-6-19-8)11(16)14-5-1-4-9(14)12(17)18/h8-9H,1-7H2,(H,13,15)(H,17,18). The van der Waals surface area contributed by atoms with Crippen LogP contribution in [0.25, 0.3) is 0 Å². The lowest BCUT2D eigenvalue weighted by Crippen LogP contribution is -2.48. The van der Waals surface area contributed by atoms with Crippen LogP contribution in [0.1, 0.15) is 25.7 Å². The lowest BCUT2D eigenvalue weighted by molar-refractivity contribution is -0.152. The van der Waals surface area contributed by atoms with Gasteiger partial charge >= 0.3 is 17.8 Å². The molecule has 2 N–H and O–H groups in total. The van der Waals surface area contributed by atoms with E-state index in [0.717, 1.165) is 17.7 Å². The van der Waals surface area contributed by atoms with Crippen LogP contribution in [0.5, 0.6) is 0 Å². The first-order valence-electron chi connectivity index (χ1n) is 6.53. The van der Waals surface area contributed by atoms with E-state index >= 15 is 0 Å². The number of ether oxygens (including phenoxy) is 1. The molecule has 2 amide bonds. The molecular formula is C12H18N2O5. The number of amides is 2. The van der Waals surface area contributed by atoms with E-state index in [1.807, 2.05) is 0 Å². The first-order chi connectivity index (χ1) is 9.09. The molecule has 106 valence electrons. The van der Waals surface area contributed by atoms with Crippen molar-refractivity contribution in [3.63, 3.8) is 0 Å². The third-order valence-corrected chi connectivity index (χ3v) is 3.51. The predicted molar refractivity (Wildman–Crippen MR) is 64.4 cm³/mol. The fourth-order valence-electron chi connectivity index (χ4n) is 2.48. The average Bonchev–Trinajstić information content (AvgIpc) is 3.05. The molecule has 0 aromatic rings. The van der Waals surface area contributed by atoms with Crippen molar-refractivity contribution in [3.8, 4) is 0 Å². The number of carbonyl (C=O) groups is 3. The normalized spacial score (nSPS) is 26.4. The minimum absolute atomic E-state index is 0.0365. The summed E-state index contributed by atoms with van der Waals surface area (Å²) in [6.07, 6.45) is 2.81. The van der Waals surface area contributed by atoms with Crippen LogP contribution in [0.2, 0.25) is 0 Å². The van der Waals surface area contributed by atoms with Crippen LogP contribution in [0.3, 0.4) is 0 Å². The smallest absolute Gasteiger partial charge is 0.326 e. The molecule has 2 fully saturated rings. The highest BCUT2D eigenvalue weighted by Crippen LogP contribution is 2.17. The van der Waals surface area contributed by atoms with Gasteiger partial charge in [-0.25, -0.2) is 4.79 Å². The van der Waals surface area contributed by atoms with Gasteiger partial charge in [-0.2, -0.15) is 0 Å². The molecule has 0 saturated carbocycles. The van der Waals surface area contributed by atoms with Crippen molar-refractivity contribution < 1.29 is 24.2 Å². The third kappa shape index (κ3) is 3.23. The SMILES string of the molecule is O=C(NCC1CCCO1)C(=O)N1CCCC1C(=O)O. The molecular weight excluding hydrogens is 252 g/mol. The molecule has 0 aromatic carbocycles. The minimum Gasteiger partial charge on any atom is -0.480 e. The topological polar surface area (TPSA) is 95.9 Å². The summed E-state index contributed by atoms with van der Waals surface area (Å²) in [5.41, 5.74) is 0. The fraction of sp³-hybridized carbons (Fsp3) is 0.750. The van der Waals surface area contributed by atoms with Gasteiger partial charge in [0.25, 0.3) is 0 Å². The number of aliphatic carboxylic acids is 1. The first kappa shape index (κ1) is 13.8. The molecule has 0 radical (unpaired) electrons. The summed E-state index contributed by atoms with van der Waals surface area (Å²) >= 11 is 0. The number of carboxylic acid groups (broad SMARTS) is 1. The van der Waals surface area contributed by atoms with Crippen molar-refractivity contribution in [2.75, 3.05) is 19.7 Å². The number of hydrogen-bond acceptors (Lipinski definition) is 4. The molecule has 7 heteroatoms. The Bertz CT molecular complexity index is 378. The summed E-state index contributed by atoms with van der Waals surface area (Å²) < 4.78 is 5.33. The third-order valence-electron chi connectivity index (χ3n) is 3.51. The van der Waals surface area contributed by atoms with Gasteiger partial charge in [-0.3, -0.25) is 9.59 Å². The maximum Gasteiger partial charge on any atom is 0.326 e. The van der Waals surface area contributed by atoms with Gasteiger partial charge in [0.1, 0.15) is 6.04 Å². The highest BCUT2D eigenvalue weighted by Gasteiger charge is 2.36. The molecule has 2 aliphatic rings. The number of hydrogen-bond donors (Lipinski definition) is 2. The van der Waals surface area contributed by atoms with Crippen molar-refractivity contribution in [2.24, 2.45) is 0 Å². The molecule has 0 bridgehead atoms. The van der Waals surface area contributed by atoms with E-state index in [9.17, 15) is 14.4 Å². The molecule has 2 unspecified atom stereocenters. The Balaban J connectivity index is 1.84. The number of carbonyl (C=O) groups excluding carboxylic acids is 2. The second-order valence-corrected chi connectivity index (χ2v) is 4.84. The molecule has 2 atom stereocenters. The second kappa shape index (κ2) is 6.01. The van der Waals surface area contributed by atoms with E-state index < -0.39 is 23.8 Å². The maximum absolute atomic E-state index is 11.9. The van der Waals surface area contributed by atoms with Gasteiger partial charge in [-0.15, -0.1) is 0 Å². The summed E-state index contributed by atoms with van der Waals surface area (Å²) in [7, 11) is 0. The Kier molecular flexibility index (Phi) is 4.36. The first-order valence-corrected chi connectivity index (χ1v) is 6.53. The van der Waals surface area contributed by atoms with Crippen molar-refractivity contribution in [1.29, 1.82) is 0 Å². The molecule has 7 nitrogen and oxygen atoms in total. The molecule has 2 rings (SSSR count). The largest absolute Gasteiger partial charge is 0.480 e. The Labute approximate surface area is 110 Å².